The van der Waals surface area contributed by atoms with Gasteiger partial charge in [0.2, 0.25) is 9.84 Å². The summed E-state index contributed by atoms with van der Waals surface area (Å²) in [4.78, 5) is 16.7. The number of fused-ring (bicyclic) bond motifs is 1. The average molecular weight is 413 g/mol. The predicted molar refractivity (Wildman–Crippen MR) is 113 cm³/mol. The molecule has 1 amide bonds. The Labute approximate surface area is 169 Å². The molecule has 3 N–H and O–H groups in total. The molecule has 0 spiro atoms. The maximum Gasteiger partial charge on any atom is 0.253 e. The summed E-state index contributed by atoms with van der Waals surface area (Å²) in [6.45, 7) is 4.66. The van der Waals surface area contributed by atoms with Crippen molar-refractivity contribution in [2.45, 2.75) is 30.5 Å². The molecule has 1 aromatic heterocycles. The number of carbonyl (C=O) groups is 1. The van der Waals surface area contributed by atoms with Crippen LogP contribution in [0.4, 0.5) is 11.4 Å². The van der Waals surface area contributed by atoms with Gasteiger partial charge in [-0.2, -0.15) is 0 Å². The Hall–Kier alpha value is -3.13. The van der Waals surface area contributed by atoms with Gasteiger partial charge in [-0.15, -0.1) is 0 Å². The first kappa shape index (κ1) is 20.6. The predicted octanol–water partition coefficient (Wildman–Crippen LogP) is 3.66. The van der Waals surface area contributed by atoms with E-state index in [4.69, 9.17) is 10.5 Å². The molecule has 8 heteroatoms. The van der Waals surface area contributed by atoms with Gasteiger partial charge in [-0.1, -0.05) is 24.3 Å². The number of hydrogen-bond donors (Lipinski definition) is 2. The number of para-hydroxylation sites is 1. The third kappa shape index (κ3) is 3.75. The first-order valence-corrected chi connectivity index (χ1v) is 10.4. The number of benzene rings is 2. The molecular formula is C21H23N3O4S. The van der Waals surface area contributed by atoms with Crippen LogP contribution in [0, 0.1) is 0 Å². The lowest BCUT2D eigenvalue weighted by Gasteiger charge is -2.22. The molecule has 29 heavy (non-hydrogen) atoms. The number of rotatable bonds is 5. The fraction of sp³-hybridized carbons (Fsp3) is 0.238. The molecule has 0 saturated carbocycles. The fourth-order valence-corrected chi connectivity index (χ4v) is 4.15. The normalized spacial score (nSPS) is 12.0. The molecule has 0 radical (unpaired) electrons. The molecule has 3 aromatic rings. The van der Waals surface area contributed by atoms with Gasteiger partial charge >= 0.3 is 0 Å². The van der Waals surface area contributed by atoms with E-state index in [0.29, 0.717) is 28.0 Å². The Morgan fingerprint density at radius 1 is 1.10 bits per heavy atom. The van der Waals surface area contributed by atoms with Crippen molar-refractivity contribution in [3.05, 3.63) is 54.1 Å². The van der Waals surface area contributed by atoms with E-state index in [9.17, 15) is 13.2 Å². The molecule has 0 atom stereocenters. The van der Waals surface area contributed by atoms with Crippen molar-refractivity contribution in [1.82, 2.24) is 4.98 Å². The Morgan fingerprint density at radius 3 is 2.41 bits per heavy atom. The molecule has 0 unspecified atom stereocenters. The maximum absolute atomic E-state index is 13.2. The number of aromatic nitrogens is 1. The molecule has 1 heterocycles. The SMILES string of the molecule is COc1cccc(Nc2c(C(N)=O)c(S(=O)(=O)C(C)(C)C)nc3ccccc23)c1. The molecule has 3 rings (SSSR count). The lowest BCUT2D eigenvalue weighted by atomic mass is 10.1. The van der Waals surface area contributed by atoms with Gasteiger partial charge in [-0.25, -0.2) is 13.4 Å². The average Bonchev–Trinajstić information content (AvgIpc) is 2.66. The highest BCUT2D eigenvalue weighted by molar-refractivity contribution is 7.92. The van der Waals surface area contributed by atoms with Crippen molar-refractivity contribution in [1.29, 1.82) is 0 Å². The molecule has 0 fully saturated rings. The zero-order valence-corrected chi connectivity index (χ0v) is 17.5. The van der Waals surface area contributed by atoms with Crippen LogP contribution < -0.4 is 15.8 Å². The van der Waals surface area contributed by atoms with E-state index in [1.165, 1.54) is 0 Å². The summed E-state index contributed by atoms with van der Waals surface area (Å²) < 4.78 is 30.5. The zero-order valence-electron chi connectivity index (χ0n) is 16.7. The second-order valence-corrected chi connectivity index (χ2v) is 10.1. The summed E-state index contributed by atoms with van der Waals surface area (Å²) in [5.74, 6) is -0.270. The van der Waals surface area contributed by atoms with Crippen molar-refractivity contribution < 1.29 is 17.9 Å². The topological polar surface area (TPSA) is 111 Å². The molecule has 0 aliphatic carbocycles. The number of anilines is 2. The lowest BCUT2D eigenvalue weighted by molar-refractivity contribution is 0.0997. The van der Waals surface area contributed by atoms with Gasteiger partial charge in [0.05, 0.1) is 23.1 Å². The summed E-state index contributed by atoms with van der Waals surface area (Å²) >= 11 is 0. The van der Waals surface area contributed by atoms with Gasteiger partial charge < -0.3 is 15.8 Å². The van der Waals surface area contributed by atoms with E-state index in [-0.39, 0.29) is 10.6 Å². The number of nitrogens with one attached hydrogen (secondary N) is 1. The zero-order chi connectivity index (χ0) is 21.4. The van der Waals surface area contributed by atoms with Gasteiger partial charge in [0.15, 0.2) is 5.03 Å². The summed E-state index contributed by atoms with van der Waals surface area (Å²) in [5, 5.41) is 3.40. The van der Waals surface area contributed by atoms with Crippen LogP contribution in [0.1, 0.15) is 31.1 Å². The number of amides is 1. The van der Waals surface area contributed by atoms with E-state index in [1.54, 1.807) is 76.4 Å². The quantitative estimate of drug-likeness (QED) is 0.660. The molecule has 0 aliphatic heterocycles. The van der Waals surface area contributed by atoms with E-state index in [1.807, 2.05) is 0 Å². The van der Waals surface area contributed by atoms with Crippen molar-refractivity contribution in [3.63, 3.8) is 0 Å². The minimum atomic E-state index is -3.95. The summed E-state index contributed by atoms with van der Waals surface area (Å²) in [6, 6.07) is 14.1. The van der Waals surface area contributed by atoms with Crippen LogP contribution in [-0.2, 0) is 9.84 Å². The van der Waals surface area contributed by atoms with Crippen LogP contribution in [0.5, 0.6) is 5.75 Å². The van der Waals surface area contributed by atoms with Crippen molar-refractivity contribution >= 4 is 38.0 Å². The molecule has 7 nitrogen and oxygen atoms in total. The minimum Gasteiger partial charge on any atom is -0.497 e. The number of nitrogens with two attached hydrogens (primary N) is 1. The summed E-state index contributed by atoms with van der Waals surface area (Å²) in [5.41, 5.74) is 6.82. The smallest absolute Gasteiger partial charge is 0.253 e. The molecule has 0 bridgehead atoms. The number of methoxy groups -OCH3 is 1. The first-order chi connectivity index (χ1) is 13.6. The fourth-order valence-electron chi connectivity index (χ4n) is 2.88. The highest BCUT2D eigenvalue weighted by Gasteiger charge is 2.37. The molecule has 0 saturated heterocycles. The van der Waals surface area contributed by atoms with Crippen molar-refractivity contribution in [2.75, 3.05) is 12.4 Å². The third-order valence-electron chi connectivity index (χ3n) is 4.51. The largest absolute Gasteiger partial charge is 0.497 e. The number of nitrogens with zero attached hydrogens (tertiary/aromatic N) is 1. The molecular weight excluding hydrogens is 390 g/mol. The van der Waals surface area contributed by atoms with Crippen LogP contribution in [0.2, 0.25) is 0 Å². The van der Waals surface area contributed by atoms with Gasteiger partial charge in [0.1, 0.15) is 11.3 Å². The van der Waals surface area contributed by atoms with E-state index in [0.717, 1.165) is 0 Å². The van der Waals surface area contributed by atoms with E-state index >= 15 is 0 Å². The Balaban J connectivity index is 2.38. The van der Waals surface area contributed by atoms with Crippen LogP contribution in [0.15, 0.2) is 53.6 Å². The standard InChI is InChI=1S/C21H23N3O4S/c1-21(2,3)29(26,27)20-17(19(22)25)18(15-10-5-6-11-16(15)24-20)23-13-8-7-9-14(12-13)28-4/h5-12H,1-4H3,(H2,22,25)(H,23,24). The van der Waals surface area contributed by atoms with Crippen LogP contribution >= 0.6 is 0 Å². The molecule has 152 valence electrons. The van der Waals surface area contributed by atoms with Crippen molar-refractivity contribution in [3.8, 4) is 5.75 Å². The highest BCUT2D eigenvalue weighted by atomic mass is 32.2. The second-order valence-electron chi connectivity index (χ2n) is 7.52. The first-order valence-electron chi connectivity index (χ1n) is 8.94. The Morgan fingerprint density at radius 2 is 1.79 bits per heavy atom. The number of sulfone groups is 1. The Kier molecular flexibility index (Phi) is 5.23. The third-order valence-corrected chi connectivity index (χ3v) is 6.92. The van der Waals surface area contributed by atoms with Gasteiger partial charge in [-0.05, 0) is 39.0 Å². The molecule has 0 aliphatic rings. The van der Waals surface area contributed by atoms with E-state index in [2.05, 4.69) is 10.3 Å². The van der Waals surface area contributed by atoms with Crippen LogP contribution in [0.3, 0.4) is 0 Å². The number of carbonyl (C=O) groups excluding carboxylic acids is 1. The monoisotopic (exact) mass is 413 g/mol. The maximum atomic E-state index is 13.2. The number of hydrogen-bond acceptors (Lipinski definition) is 6. The summed E-state index contributed by atoms with van der Waals surface area (Å²) in [7, 11) is -2.40. The van der Waals surface area contributed by atoms with Crippen molar-refractivity contribution in [2.24, 2.45) is 5.73 Å². The van der Waals surface area contributed by atoms with E-state index < -0.39 is 20.5 Å². The van der Waals surface area contributed by atoms with Crippen LogP contribution in [-0.4, -0.2) is 31.2 Å². The number of ether oxygens (including phenoxy) is 1. The van der Waals surface area contributed by atoms with Gasteiger partial charge in [0.25, 0.3) is 5.91 Å². The van der Waals surface area contributed by atoms with Gasteiger partial charge in [0, 0.05) is 17.1 Å². The van der Waals surface area contributed by atoms with Crippen LogP contribution in [0.25, 0.3) is 10.9 Å². The lowest BCUT2D eigenvalue weighted by Crippen LogP contribution is -2.31. The second kappa shape index (κ2) is 7.36. The highest BCUT2D eigenvalue weighted by Crippen LogP contribution is 2.36. The number of pyridine rings is 1. The van der Waals surface area contributed by atoms with Gasteiger partial charge in [-0.3, -0.25) is 4.79 Å². The Bertz CT molecular complexity index is 1200. The molecule has 2 aromatic carbocycles. The minimum absolute atomic E-state index is 0.165. The number of primary amides is 1. The summed E-state index contributed by atoms with van der Waals surface area (Å²) in [6.07, 6.45) is 0.